The van der Waals surface area contributed by atoms with Crippen molar-refractivity contribution >= 4 is 31.0 Å². The van der Waals surface area contributed by atoms with Crippen molar-refractivity contribution in [3.8, 4) is 0 Å². The van der Waals surface area contributed by atoms with Gasteiger partial charge in [0.15, 0.2) is 0 Å². The zero-order valence-electron chi connectivity index (χ0n) is 2.13. The molecule has 0 amide bonds. The Morgan fingerprint density at radius 1 is 1.00 bits per heavy atom. The summed E-state index contributed by atoms with van der Waals surface area (Å²) in [6.07, 6.45) is 0.250. The summed E-state index contributed by atoms with van der Waals surface area (Å²) in [6.45, 7) is 0. The molecule has 32 valence electrons. The molecule has 0 aromatic rings. The first-order valence-corrected chi connectivity index (χ1v) is 0.408. The predicted molar refractivity (Wildman–Crippen MR) is 19.5 cm³/mol. The molecule has 5 heavy (non-hydrogen) atoms. The molecule has 0 atom stereocenters. The van der Waals surface area contributed by atoms with E-state index in [0.717, 1.165) is 0 Å². The predicted octanol–water partition coefficient (Wildman–Crippen LogP) is 0.260. The van der Waals surface area contributed by atoms with Crippen LogP contribution < -0.4 is 0 Å². The van der Waals surface area contributed by atoms with Gasteiger partial charge >= 0.3 is 6.15 Å². The lowest BCUT2D eigenvalue weighted by Gasteiger charge is -0.945. The minimum Gasteiger partial charge on any atom is -0.186 e. The molecule has 0 spiro atoms. The first-order chi connectivity index (χ1) is 1.41. The molecule has 0 bridgehead atoms. The van der Waals surface area contributed by atoms with E-state index in [1.807, 2.05) is 0 Å². The molecule has 0 N–H and O–H groups in total. The van der Waals surface area contributed by atoms with Crippen LogP contribution in [0.1, 0.15) is 0 Å². The van der Waals surface area contributed by atoms with Crippen LogP contribution in [0.3, 0.4) is 0 Å². The second kappa shape index (κ2) is 37.6. The van der Waals surface area contributed by atoms with E-state index < -0.39 is 0 Å². The largest absolute Gasteiger partial charge is 0.373 e. The molecule has 0 radical (unpaired) electrons. The van der Waals surface area contributed by atoms with Gasteiger partial charge in [-0.15, -0.1) is 24.8 Å². The average Bonchev–Trinajstić information content (AvgIpc) is 0.918. The van der Waals surface area contributed by atoms with Crippen LogP contribution in [-0.4, -0.2) is 6.15 Å². The Kier molecular flexibility index (Phi) is 152. The molecule has 0 fully saturated rings. The Hall–Kier alpha value is -0.0400. The average molecular weight is 117 g/mol. The molecular weight excluding hydrogens is 115 g/mol. The highest BCUT2D eigenvalue weighted by molar-refractivity contribution is 5.85. The molecular formula is CH2Cl2O2. The van der Waals surface area contributed by atoms with Gasteiger partial charge in [-0.05, 0) is 0 Å². The number of carbonyl (C=O) groups excluding carboxylic acids is 2. The molecule has 0 aliphatic rings. The van der Waals surface area contributed by atoms with Crippen molar-refractivity contribution in [2.24, 2.45) is 0 Å². The van der Waals surface area contributed by atoms with Crippen LogP contribution in [0.5, 0.6) is 0 Å². The lowest BCUT2D eigenvalue weighted by Crippen LogP contribution is -1.22. The van der Waals surface area contributed by atoms with Crippen LogP contribution in [0.2, 0.25) is 0 Å². The smallest absolute Gasteiger partial charge is 0.186 e. The fourth-order valence-corrected chi connectivity index (χ4v) is 0. The van der Waals surface area contributed by atoms with Crippen LogP contribution >= 0.6 is 24.8 Å². The lowest BCUT2D eigenvalue weighted by molar-refractivity contribution is -0.191. The van der Waals surface area contributed by atoms with Crippen molar-refractivity contribution in [3.05, 3.63) is 0 Å². The van der Waals surface area contributed by atoms with E-state index in [4.69, 9.17) is 9.59 Å². The maximum Gasteiger partial charge on any atom is 0.373 e. The summed E-state index contributed by atoms with van der Waals surface area (Å²) >= 11 is 0. The normalized spacial score (nSPS) is 1.60. The van der Waals surface area contributed by atoms with Gasteiger partial charge in [0.1, 0.15) is 0 Å². The zero-order chi connectivity index (χ0) is 2.71. The van der Waals surface area contributed by atoms with Crippen molar-refractivity contribution in [1.29, 1.82) is 0 Å². The molecule has 0 aliphatic heterocycles. The Morgan fingerprint density at radius 2 is 1.00 bits per heavy atom. The van der Waals surface area contributed by atoms with E-state index in [-0.39, 0.29) is 31.0 Å². The maximum atomic E-state index is 8.12. The Balaban J connectivity index is -0.0000000200. The van der Waals surface area contributed by atoms with Gasteiger partial charge in [-0.25, -0.2) is 0 Å². The second-order valence-corrected chi connectivity index (χ2v) is 0.0833. The van der Waals surface area contributed by atoms with Gasteiger partial charge in [0.05, 0.1) is 0 Å². The highest BCUT2D eigenvalue weighted by Crippen LogP contribution is 0.787. The molecule has 0 aliphatic carbocycles. The van der Waals surface area contributed by atoms with Gasteiger partial charge < -0.3 is 0 Å². The summed E-state index contributed by atoms with van der Waals surface area (Å²) < 4.78 is 0. The summed E-state index contributed by atoms with van der Waals surface area (Å²) in [5, 5.41) is 0. The molecule has 2 nitrogen and oxygen atoms in total. The fourth-order valence-electron chi connectivity index (χ4n) is 0. The van der Waals surface area contributed by atoms with Crippen LogP contribution in [-0.2, 0) is 9.59 Å². The van der Waals surface area contributed by atoms with E-state index >= 15 is 0 Å². The zero-order valence-corrected chi connectivity index (χ0v) is 3.77. The molecule has 0 saturated carbocycles. The summed E-state index contributed by atoms with van der Waals surface area (Å²) in [7, 11) is 0. The highest BCUT2D eigenvalue weighted by atomic mass is 35.5. The third kappa shape index (κ3) is 9510. The third-order valence-corrected chi connectivity index (χ3v) is 0. The van der Waals surface area contributed by atoms with E-state index in [2.05, 4.69) is 0 Å². The molecule has 0 aromatic heterocycles. The Labute approximate surface area is 41.4 Å². The van der Waals surface area contributed by atoms with Crippen LogP contribution in [0.15, 0.2) is 0 Å². The van der Waals surface area contributed by atoms with Gasteiger partial charge in [0, 0.05) is 0 Å². The topological polar surface area (TPSA) is 34.1 Å². The Morgan fingerprint density at radius 3 is 1.00 bits per heavy atom. The summed E-state index contributed by atoms with van der Waals surface area (Å²) in [5.74, 6) is 0. The van der Waals surface area contributed by atoms with Crippen molar-refractivity contribution in [2.45, 2.75) is 0 Å². The van der Waals surface area contributed by atoms with Gasteiger partial charge in [-0.2, -0.15) is 9.59 Å². The standard InChI is InChI=1S/CO2.2ClH/c2-1-3;;/h;2*1H. The first-order valence-electron chi connectivity index (χ1n) is 0.408. The highest BCUT2D eigenvalue weighted by Gasteiger charge is 1.13. The minimum atomic E-state index is 0. The lowest BCUT2D eigenvalue weighted by atomic mass is 11.8. The van der Waals surface area contributed by atoms with Gasteiger partial charge in [0.2, 0.25) is 0 Å². The van der Waals surface area contributed by atoms with E-state index in [0.29, 0.717) is 0 Å². The van der Waals surface area contributed by atoms with E-state index in [1.54, 1.807) is 0 Å². The third-order valence-electron chi connectivity index (χ3n) is 0. The molecule has 0 unspecified atom stereocenters. The van der Waals surface area contributed by atoms with Crippen molar-refractivity contribution in [1.82, 2.24) is 0 Å². The fraction of sp³-hybridized carbons (Fsp3) is 0. The number of halogens is 2. The number of rotatable bonds is 0. The van der Waals surface area contributed by atoms with Gasteiger partial charge in [-0.3, -0.25) is 0 Å². The molecule has 0 aromatic carbocycles. The van der Waals surface area contributed by atoms with Crippen molar-refractivity contribution < 1.29 is 9.59 Å². The monoisotopic (exact) mass is 116 g/mol. The summed E-state index contributed by atoms with van der Waals surface area (Å²) in [5.41, 5.74) is 0. The van der Waals surface area contributed by atoms with Crippen LogP contribution in [0, 0.1) is 0 Å². The van der Waals surface area contributed by atoms with Crippen molar-refractivity contribution in [2.75, 3.05) is 0 Å². The SMILES string of the molecule is Cl.Cl.O=C=O. The molecule has 0 rings (SSSR count). The molecule has 0 saturated heterocycles. The van der Waals surface area contributed by atoms with E-state index in [9.17, 15) is 0 Å². The van der Waals surface area contributed by atoms with Gasteiger partial charge in [0.25, 0.3) is 0 Å². The molecule has 4 heteroatoms. The number of hydrogen-bond donors (Lipinski definition) is 0. The minimum absolute atomic E-state index is 0. The number of hydrogen-bond acceptors (Lipinski definition) is 2. The summed E-state index contributed by atoms with van der Waals surface area (Å²) in [6, 6.07) is 0. The van der Waals surface area contributed by atoms with E-state index in [1.165, 1.54) is 0 Å². The van der Waals surface area contributed by atoms with Crippen LogP contribution in [0.4, 0.5) is 0 Å². The molecule has 0 heterocycles. The van der Waals surface area contributed by atoms with Crippen molar-refractivity contribution in [3.63, 3.8) is 0 Å². The first kappa shape index (κ1) is 20.2. The van der Waals surface area contributed by atoms with Crippen LogP contribution in [0.25, 0.3) is 0 Å². The maximum absolute atomic E-state index is 8.12. The summed E-state index contributed by atoms with van der Waals surface area (Å²) in [4.78, 5) is 16.2. The Bertz CT molecular complexity index is 28.6. The van der Waals surface area contributed by atoms with Gasteiger partial charge in [-0.1, -0.05) is 0 Å². The second-order valence-electron chi connectivity index (χ2n) is 0.0833. The quantitative estimate of drug-likeness (QED) is 0.456.